The first-order valence-corrected chi connectivity index (χ1v) is 9.41. The molecule has 4 rings (SSSR count). The van der Waals surface area contributed by atoms with E-state index < -0.39 is 5.97 Å². The van der Waals surface area contributed by atoms with Gasteiger partial charge in [0, 0.05) is 30.4 Å². The molecule has 3 aromatic rings. The number of carbonyl (C=O) groups is 1. The lowest BCUT2D eigenvalue weighted by Crippen LogP contribution is -2.29. The van der Waals surface area contributed by atoms with Crippen molar-refractivity contribution in [2.45, 2.75) is 19.3 Å². The minimum absolute atomic E-state index is 0. The second-order valence-corrected chi connectivity index (χ2v) is 7.23. The van der Waals surface area contributed by atoms with E-state index >= 15 is 0 Å². The number of halogens is 1. The van der Waals surface area contributed by atoms with Crippen LogP contribution in [0.15, 0.2) is 42.6 Å². The molecule has 6 nitrogen and oxygen atoms in total. The third kappa shape index (κ3) is 4.26. The van der Waals surface area contributed by atoms with E-state index in [1.54, 1.807) is 24.3 Å². The van der Waals surface area contributed by atoms with Gasteiger partial charge in [-0.2, -0.15) is 0 Å². The molecule has 0 amide bonds. The average Bonchev–Trinajstić information content (AvgIpc) is 3.19. The summed E-state index contributed by atoms with van der Waals surface area (Å²) in [7, 11) is 0. The van der Waals surface area contributed by atoms with Gasteiger partial charge >= 0.3 is 5.97 Å². The van der Waals surface area contributed by atoms with Crippen LogP contribution in [-0.4, -0.2) is 39.3 Å². The normalized spacial score (nSPS) is 13.9. The van der Waals surface area contributed by atoms with E-state index in [0.29, 0.717) is 0 Å². The first kappa shape index (κ1) is 19.3. The van der Waals surface area contributed by atoms with Gasteiger partial charge in [-0.1, -0.05) is 23.5 Å². The third-order valence-electron chi connectivity index (χ3n) is 4.48. The summed E-state index contributed by atoms with van der Waals surface area (Å²) in [5.74, 6) is 0.0804. The number of benzene rings is 1. The van der Waals surface area contributed by atoms with Crippen LogP contribution < -0.4 is 4.90 Å². The molecule has 1 saturated heterocycles. The Morgan fingerprint density at radius 1 is 0.926 bits per heavy atom. The van der Waals surface area contributed by atoms with Crippen molar-refractivity contribution in [3.63, 3.8) is 0 Å². The number of hydrogen-bond donors (Lipinski definition) is 1. The lowest BCUT2D eigenvalue weighted by molar-refractivity contribution is 0.0697. The predicted octanol–water partition coefficient (Wildman–Crippen LogP) is 4.38. The van der Waals surface area contributed by atoms with Crippen LogP contribution in [0.5, 0.6) is 0 Å². The Morgan fingerprint density at radius 2 is 1.56 bits per heavy atom. The molecular weight excluding hydrogens is 384 g/mol. The summed E-state index contributed by atoms with van der Waals surface area (Å²) in [6.07, 6.45) is 5.60. The van der Waals surface area contributed by atoms with Crippen molar-refractivity contribution in [3.05, 3.63) is 48.2 Å². The van der Waals surface area contributed by atoms with Crippen molar-refractivity contribution < 1.29 is 9.90 Å². The molecule has 1 fully saturated rings. The molecule has 27 heavy (non-hydrogen) atoms. The van der Waals surface area contributed by atoms with Gasteiger partial charge in [0.2, 0.25) is 0 Å². The molecule has 8 heteroatoms. The van der Waals surface area contributed by atoms with Crippen LogP contribution in [0.1, 0.15) is 29.6 Å². The maximum absolute atomic E-state index is 10.9. The van der Waals surface area contributed by atoms with Gasteiger partial charge in [0.15, 0.2) is 0 Å². The van der Waals surface area contributed by atoms with Gasteiger partial charge in [-0.25, -0.2) is 9.78 Å². The first-order valence-electron chi connectivity index (χ1n) is 8.59. The highest BCUT2D eigenvalue weighted by atomic mass is 35.5. The topological polar surface area (TPSA) is 79.2 Å². The number of aromatic carboxylic acids is 1. The van der Waals surface area contributed by atoms with E-state index in [1.807, 2.05) is 18.3 Å². The summed E-state index contributed by atoms with van der Waals surface area (Å²) >= 11 is 1.47. The molecule has 2 aromatic heterocycles. The Hall–Kier alpha value is -2.51. The van der Waals surface area contributed by atoms with Crippen LogP contribution in [-0.2, 0) is 0 Å². The summed E-state index contributed by atoms with van der Waals surface area (Å²) in [6, 6.07) is 10.7. The number of piperidine rings is 1. The van der Waals surface area contributed by atoms with E-state index in [1.165, 1.54) is 30.6 Å². The molecule has 1 N–H and O–H groups in total. The summed E-state index contributed by atoms with van der Waals surface area (Å²) in [5.41, 5.74) is 2.06. The summed E-state index contributed by atoms with van der Waals surface area (Å²) < 4.78 is 0. The van der Waals surface area contributed by atoms with Gasteiger partial charge in [0.1, 0.15) is 15.8 Å². The summed E-state index contributed by atoms with van der Waals surface area (Å²) in [6.45, 7) is 2.14. The minimum Gasteiger partial charge on any atom is -0.478 e. The summed E-state index contributed by atoms with van der Waals surface area (Å²) in [5, 5.41) is 19.0. The predicted molar refractivity (Wildman–Crippen MR) is 109 cm³/mol. The molecule has 0 unspecified atom stereocenters. The number of carboxylic acid groups (broad SMARTS) is 1. The first-order chi connectivity index (χ1) is 12.7. The van der Waals surface area contributed by atoms with Gasteiger partial charge in [0.25, 0.3) is 0 Å². The fraction of sp³-hybridized carbons (Fsp3) is 0.263. The van der Waals surface area contributed by atoms with Crippen LogP contribution in [0.2, 0.25) is 0 Å². The quantitative estimate of drug-likeness (QED) is 0.697. The Bertz CT molecular complexity index is 906. The van der Waals surface area contributed by atoms with E-state index in [0.717, 1.165) is 40.0 Å². The Kier molecular flexibility index (Phi) is 6.03. The molecule has 140 valence electrons. The van der Waals surface area contributed by atoms with Gasteiger partial charge in [0.05, 0.1) is 5.56 Å². The average molecular weight is 403 g/mol. The Labute approximate surface area is 167 Å². The highest BCUT2D eigenvalue weighted by Gasteiger charge is 2.14. The molecule has 1 aromatic carbocycles. The highest BCUT2D eigenvalue weighted by Crippen LogP contribution is 2.30. The molecule has 0 spiro atoms. The third-order valence-corrected chi connectivity index (χ3v) is 5.50. The zero-order valence-corrected chi connectivity index (χ0v) is 16.2. The zero-order chi connectivity index (χ0) is 17.9. The fourth-order valence-corrected chi connectivity index (χ4v) is 3.87. The molecule has 3 heterocycles. The Morgan fingerprint density at radius 3 is 2.15 bits per heavy atom. The SMILES string of the molecule is Cl.O=C(O)c1ccc(-c2nnc(-c3ccc(N4CCCCC4)nc3)s2)cc1. The molecule has 0 aliphatic carbocycles. The van der Waals surface area contributed by atoms with Gasteiger partial charge in [-0.3, -0.25) is 0 Å². The van der Waals surface area contributed by atoms with Crippen molar-refractivity contribution in [2.75, 3.05) is 18.0 Å². The second kappa shape index (κ2) is 8.45. The van der Waals surface area contributed by atoms with E-state index in [4.69, 9.17) is 5.11 Å². The van der Waals surface area contributed by atoms with Gasteiger partial charge in [-0.05, 0) is 43.5 Å². The number of nitrogens with zero attached hydrogens (tertiary/aromatic N) is 4. The molecule has 0 bridgehead atoms. The van der Waals surface area contributed by atoms with E-state index in [2.05, 4.69) is 20.1 Å². The molecule has 0 saturated carbocycles. The van der Waals surface area contributed by atoms with Crippen molar-refractivity contribution >= 4 is 35.5 Å². The number of anilines is 1. The van der Waals surface area contributed by atoms with Crippen molar-refractivity contribution in [2.24, 2.45) is 0 Å². The standard InChI is InChI=1S/C19H18N4O2S.ClH/c24-19(25)14-6-4-13(5-7-14)17-21-22-18(26-17)15-8-9-16(20-12-15)23-10-2-1-3-11-23;/h4-9,12H,1-3,10-11H2,(H,24,25);1H. The smallest absolute Gasteiger partial charge is 0.335 e. The summed E-state index contributed by atoms with van der Waals surface area (Å²) in [4.78, 5) is 17.9. The maximum atomic E-state index is 10.9. The largest absolute Gasteiger partial charge is 0.478 e. The molecule has 0 atom stereocenters. The Balaban J connectivity index is 0.00000210. The number of hydrogen-bond acceptors (Lipinski definition) is 6. The second-order valence-electron chi connectivity index (χ2n) is 6.25. The zero-order valence-electron chi connectivity index (χ0n) is 14.5. The van der Waals surface area contributed by atoms with Gasteiger partial charge in [-0.15, -0.1) is 22.6 Å². The number of rotatable bonds is 4. The number of pyridine rings is 1. The van der Waals surface area contributed by atoms with Crippen molar-refractivity contribution in [3.8, 4) is 21.1 Å². The fourth-order valence-electron chi connectivity index (χ4n) is 3.03. The maximum Gasteiger partial charge on any atom is 0.335 e. The van der Waals surface area contributed by atoms with Crippen LogP contribution in [0.4, 0.5) is 5.82 Å². The highest BCUT2D eigenvalue weighted by molar-refractivity contribution is 7.17. The van der Waals surface area contributed by atoms with Gasteiger partial charge < -0.3 is 10.0 Å². The van der Waals surface area contributed by atoms with Crippen LogP contribution in [0.25, 0.3) is 21.1 Å². The number of carboxylic acids is 1. The number of aromatic nitrogens is 3. The minimum atomic E-state index is -0.936. The van der Waals surface area contributed by atoms with Crippen LogP contribution in [0.3, 0.4) is 0 Å². The van der Waals surface area contributed by atoms with Crippen molar-refractivity contribution in [1.29, 1.82) is 0 Å². The molecular formula is C19H19ClN4O2S. The lowest BCUT2D eigenvalue weighted by atomic mass is 10.1. The molecule has 0 radical (unpaired) electrons. The van der Waals surface area contributed by atoms with Crippen molar-refractivity contribution in [1.82, 2.24) is 15.2 Å². The molecule has 1 aliphatic rings. The monoisotopic (exact) mass is 402 g/mol. The van der Waals surface area contributed by atoms with E-state index in [-0.39, 0.29) is 18.0 Å². The lowest BCUT2D eigenvalue weighted by Gasteiger charge is -2.27. The van der Waals surface area contributed by atoms with Crippen LogP contribution in [0, 0.1) is 0 Å². The van der Waals surface area contributed by atoms with Crippen LogP contribution >= 0.6 is 23.7 Å². The van der Waals surface area contributed by atoms with E-state index in [9.17, 15) is 4.79 Å². The molecule has 1 aliphatic heterocycles.